The van der Waals surface area contributed by atoms with E-state index in [2.05, 4.69) is 34.4 Å². The Bertz CT molecular complexity index is 475. The van der Waals surface area contributed by atoms with Crippen molar-refractivity contribution in [3.63, 3.8) is 0 Å². The summed E-state index contributed by atoms with van der Waals surface area (Å²) in [4.78, 5) is 20.5. The number of nitrogens with one attached hydrogen (secondary N) is 2. The lowest BCUT2D eigenvalue weighted by Gasteiger charge is -2.16. The summed E-state index contributed by atoms with van der Waals surface area (Å²) >= 11 is 0. The normalized spacial score (nSPS) is 12.4. The lowest BCUT2D eigenvalue weighted by atomic mass is 10.2. The Morgan fingerprint density at radius 1 is 1.24 bits per heavy atom. The first-order chi connectivity index (χ1) is 9.77. The van der Waals surface area contributed by atoms with Crippen LogP contribution in [0.4, 0.5) is 5.95 Å². The van der Waals surface area contributed by atoms with Crippen molar-refractivity contribution in [2.75, 3.05) is 11.9 Å². The maximum absolute atomic E-state index is 11.9. The quantitative estimate of drug-likeness (QED) is 0.806. The number of amides is 1. The molecule has 0 aliphatic rings. The Kier molecular flexibility index (Phi) is 6.39. The molecule has 1 atom stereocenters. The summed E-state index contributed by atoms with van der Waals surface area (Å²) in [6, 6.07) is 1.37. The summed E-state index contributed by atoms with van der Waals surface area (Å²) in [7, 11) is 0. The van der Waals surface area contributed by atoms with Gasteiger partial charge in [0.1, 0.15) is 6.04 Å². The molecule has 0 aliphatic carbocycles. The van der Waals surface area contributed by atoms with Crippen LogP contribution in [0.2, 0.25) is 0 Å². The van der Waals surface area contributed by atoms with Gasteiger partial charge in [0.2, 0.25) is 17.7 Å². The molecule has 0 fully saturated rings. The molecule has 0 aromatic carbocycles. The molecule has 1 heterocycles. The fourth-order valence-corrected chi connectivity index (χ4v) is 1.62. The standard InChI is InChI=1S/C15H26N4O2/c1-9(2)8-16-14(20)12(6)18-15-17-11(5)7-13(19-15)21-10(3)4/h7,9-10,12H,8H2,1-6H3,(H,16,20)(H,17,18,19). The molecule has 0 saturated heterocycles. The second kappa shape index (κ2) is 7.81. The highest BCUT2D eigenvalue weighted by molar-refractivity contribution is 5.83. The number of anilines is 1. The van der Waals surface area contributed by atoms with Crippen molar-refractivity contribution in [3.05, 3.63) is 11.8 Å². The summed E-state index contributed by atoms with van der Waals surface area (Å²) in [6.07, 6.45) is 0.0407. The van der Waals surface area contributed by atoms with Crippen LogP contribution >= 0.6 is 0 Å². The summed E-state index contributed by atoms with van der Waals surface area (Å²) in [5.74, 6) is 1.26. The van der Waals surface area contributed by atoms with Gasteiger partial charge in [0.15, 0.2) is 0 Å². The molecule has 6 nitrogen and oxygen atoms in total. The van der Waals surface area contributed by atoms with Gasteiger partial charge in [-0.15, -0.1) is 0 Å². The van der Waals surface area contributed by atoms with Crippen LogP contribution in [0.1, 0.15) is 40.3 Å². The van der Waals surface area contributed by atoms with Crippen LogP contribution in [0.5, 0.6) is 5.88 Å². The molecular formula is C15H26N4O2. The van der Waals surface area contributed by atoms with Crippen molar-refractivity contribution in [2.45, 2.75) is 53.7 Å². The molecule has 0 saturated carbocycles. The van der Waals surface area contributed by atoms with E-state index in [1.54, 1.807) is 13.0 Å². The third kappa shape index (κ3) is 6.42. The van der Waals surface area contributed by atoms with Gasteiger partial charge in [0, 0.05) is 18.3 Å². The van der Waals surface area contributed by atoms with E-state index >= 15 is 0 Å². The molecule has 1 unspecified atom stereocenters. The molecular weight excluding hydrogens is 268 g/mol. The van der Waals surface area contributed by atoms with Crippen LogP contribution in [0.3, 0.4) is 0 Å². The van der Waals surface area contributed by atoms with Crippen LogP contribution in [0.25, 0.3) is 0 Å². The lowest BCUT2D eigenvalue weighted by molar-refractivity contribution is -0.121. The van der Waals surface area contributed by atoms with Crippen molar-refractivity contribution in [3.8, 4) is 5.88 Å². The number of nitrogens with zero attached hydrogens (tertiary/aromatic N) is 2. The number of aromatic nitrogens is 2. The van der Waals surface area contributed by atoms with Gasteiger partial charge in [-0.1, -0.05) is 13.8 Å². The van der Waals surface area contributed by atoms with Gasteiger partial charge < -0.3 is 15.4 Å². The van der Waals surface area contributed by atoms with E-state index in [1.807, 2.05) is 20.8 Å². The Morgan fingerprint density at radius 3 is 2.48 bits per heavy atom. The number of carbonyl (C=O) groups excluding carboxylic acids is 1. The highest BCUT2D eigenvalue weighted by atomic mass is 16.5. The summed E-state index contributed by atoms with van der Waals surface area (Å²) in [5.41, 5.74) is 0.790. The second-order valence-electron chi connectivity index (χ2n) is 5.84. The average Bonchev–Trinajstić information content (AvgIpc) is 2.33. The van der Waals surface area contributed by atoms with E-state index in [1.165, 1.54) is 0 Å². The van der Waals surface area contributed by atoms with E-state index in [0.717, 1.165) is 5.69 Å². The van der Waals surface area contributed by atoms with E-state index in [0.29, 0.717) is 24.3 Å². The molecule has 6 heteroatoms. The molecule has 2 N–H and O–H groups in total. The summed E-state index contributed by atoms with van der Waals surface area (Å²) in [6.45, 7) is 12.3. The molecule has 1 rings (SSSR count). The lowest BCUT2D eigenvalue weighted by Crippen LogP contribution is -2.39. The van der Waals surface area contributed by atoms with Gasteiger partial charge in [0.25, 0.3) is 0 Å². The third-order valence-electron chi connectivity index (χ3n) is 2.61. The Morgan fingerprint density at radius 2 is 1.90 bits per heavy atom. The van der Waals surface area contributed by atoms with Crippen LogP contribution < -0.4 is 15.4 Å². The molecule has 1 aromatic rings. The van der Waals surface area contributed by atoms with Crippen molar-refractivity contribution in [2.24, 2.45) is 5.92 Å². The Labute approximate surface area is 126 Å². The van der Waals surface area contributed by atoms with Gasteiger partial charge in [0.05, 0.1) is 6.10 Å². The first-order valence-corrected chi connectivity index (χ1v) is 7.34. The minimum Gasteiger partial charge on any atom is -0.475 e. The van der Waals surface area contributed by atoms with Gasteiger partial charge in [-0.25, -0.2) is 4.98 Å². The van der Waals surface area contributed by atoms with E-state index in [9.17, 15) is 4.79 Å². The van der Waals surface area contributed by atoms with Crippen molar-refractivity contribution in [1.29, 1.82) is 0 Å². The maximum atomic E-state index is 11.9. The van der Waals surface area contributed by atoms with Gasteiger partial charge in [-0.2, -0.15) is 4.98 Å². The molecule has 0 aliphatic heterocycles. The Hall–Kier alpha value is -1.85. The number of hydrogen-bond acceptors (Lipinski definition) is 5. The predicted molar refractivity (Wildman–Crippen MR) is 83.5 cm³/mol. The molecule has 0 spiro atoms. The van der Waals surface area contributed by atoms with Crippen molar-refractivity contribution in [1.82, 2.24) is 15.3 Å². The fraction of sp³-hybridized carbons (Fsp3) is 0.667. The number of aryl methyl sites for hydroxylation is 1. The van der Waals surface area contributed by atoms with Crippen molar-refractivity contribution >= 4 is 11.9 Å². The number of ether oxygens (including phenoxy) is 1. The second-order valence-corrected chi connectivity index (χ2v) is 5.84. The van der Waals surface area contributed by atoms with Crippen LogP contribution in [-0.2, 0) is 4.79 Å². The smallest absolute Gasteiger partial charge is 0.242 e. The molecule has 118 valence electrons. The zero-order valence-corrected chi connectivity index (χ0v) is 13.7. The molecule has 1 aromatic heterocycles. The highest BCUT2D eigenvalue weighted by Crippen LogP contribution is 2.14. The minimum atomic E-state index is -0.405. The van der Waals surface area contributed by atoms with Gasteiger partial charge >= 0.3 is 0 Å². The third-order valence-corrected chi connectivity index (χ3v) is 2.61. The highest BCUT2D eigenvalue weighted by Gasteiger charge is 2.15. The SMILES string of the molecule is Cc1cc(OC(C)C)nc(NC(C)C(=O)NCC(C)C)n1. The zero-order chi connectivity index (χ0) is 16.0. The van der Waals surface area contributed by atoms with Gasteiger partial charge in [-0.3, -0.25) is 4.79 Å². The predicted octanol–water partition coefficient (Wildman–Crippen LogP) is 2.14. The summed E-state index contributed by atoms with van der Waals surface area (Å²) in [5, 5.41) is 5.88. The van der Waals surface area contributed by atoms with Crippen LogP contribution in [0.15, 0.2) is 6.07 Å². The number of rotatable bonds is 7. The molecule has 0 radical (unpaired) electrons. The monoisotopic (exact) mass is 294 g/mol. The maximum Gasteiger partial charge on any atom is 0.242 e. The number of carbonyl (C=O) groups is 1. The average molecular weight is 294 g/mol. The minimum absolute atomic E-state index is 0.0407. The first-order valence-electron chi connectivity index (χ1n) is 7.34. The van der Waals surface area contributed by atoms with E-state index in [-0.39, 0.29) is 12.0 Å². The van der Waals surface area contributed by atoms with Crippen LogP contribution in [-0.4, -0.2) is 34.6 Å². The first kappa shape index (κ1) is 17.2. The Balaban J connectivity index is 2.68. The molecule has 0 bridgehead atoms. The van der Waals surface area contributed by atoms with Crippen molar-refractivity contribution < 1.29 is 9.53 Å². The van der Waals surface area contributed by atoms with E-state index < -0.39 is 6.04 Å². The van der Waals surface area contributed by atoms with Gasteiger partial charge in [-0.05, 0) is 33.6 Å². The topological polar surface area (TPSA) is 76.1 Å². The van der Waals surface area contributed by atoms with Crippen LogP contribution in [0, 0.1) is 12.8 Å². The largest absolute Gasteiger partial charge is 0.475 e. The fourth-order valence-electron chi connectivity index (χ4n) is 1.62. The summed E-state index contributed by atoms with van der Waals surface area (Å²) < 4.78 is 5.57. The zero-order valence-electron chi connectivity index (χ0n) is 13.7. The van der Waals surface area contributed by atoms with E-state index in [4.69, 9.17) is 4.74 Å². The molecule has 21 heavy (non-hydrogen) atoms. The number of hydrogen-bond donors (Lipinski definition) is 2. The molecule has 1 amide bonds.